The summed E-state index contributed by atoms with van der Waals surface area (Å²) in [6.07, 6.45) is -5.13. The summed E-state index contributed by atoms with van der Waals surface area (Å²) in [7, 11) is -4.27. The number of benzene rings is 1. The molecule has 0 spiro atoms. The third-order valence-electron chi connectivity index (χ3n) is 2.45. The maximum Gasteiger partial charge on any atom is 0.403 e. The van der Waals surface area contributed by atoms with Gasteiger partial charge in [0.15, 0.2) is 15.8 Å². The average molecular weight is 331 g/mol. The largest absolute Gasteiger partial charge is 0.481 e. The first-order valence-electron chi connectivity index (χ1n) is 5.26. The van der Waals surface area contributed by atoms with Crippen molar-refractivity contribution in [1.29, 1.82) is 0 Å². The minimum absolute atomic E-state index is 0.0926. The molecule has 0 aliphatic carbocycles. The number of carboxylic acid groups (broad SMARTS) is 1. The molecule has 0 saturated carbocycles. The summed E-state index contributed by atoms with van der Waals surface area (Å²) in [6, 6.07) is 5.76. The molecule has 0 heterocycles. The van der Waals surface area contributed by atoms with Gasteiger partial charge < -0.3 is 5.11 Å². The number of rotatable bonds is 5. The summed E-state index contributed by atoms with van der Waals surface area (Å²) in [5.41, 5.74) is 0.125. The van der Waals surface area contributed by atoms with Gasteiger partial charge in [0.25, 0.3) is 0 Å². The first kappa shape index (κ1) is 16.8. The van der Waals surface area contributed by atoms with Crippen LogP contribution in [0.15, 0.2) is 24.3 Å². The Morgan fingerprint density at radius 3 is 2.30 bits per heavy atom. The third kappa shape index (κ3) is 4.68. The fourth-order valence-corrected chi connectivity index (χ4v) is 3.44. The predicted molar refractivity (Wildman–Crippen MR) is 66.1 cm³/mol. The van der Waals surface area contributed by atoms with Gasteiger partial charge in [-0.05, 0) is 11.6 Å². The van der Waals surface area contributed by atoms with Gasteiger partial charge in [0.05, 0.1) is 11.5 Å². The monoisotopic (exact) mass is 330 g/mol. The van der Waals surface area contributed by atoms with Crippen LogP contribution >= 0.6 is 11.6 Å². The summed E-state index contributed by atoms with van der Waals surface area (Å²) in [5.74, 6) is -7.43. The van der Waals surface area contributed by atoms with Gasteiger partial charge in [0.2, 0.25) is 0 Å². The Morgan fingerprint density at radius 1 is 1.30 bits per heavy atom. The molecule has 1 N–H and O–H groups in total. The second-order valence-electron chi connectivity index (χ2n) is 4.08. The Balaban J connectivity index is 2.95. The van der Waals surface area contributed by atoms with E-state index in [2.05, 4.69) is 0 Å². The number of alkyl halides is 3. The van der Waals surface area contributed by atoms with Crippen LogP contribution in [0.25, 0.3) is 0 Å². The molecule has 4 nitrogen and oxygen atoms in total. The van der Waals surface area contributed by atoms with Crippen LogP contribution in [-0.2, 0) is 20.4 Å². The Labute approximate surface area is 118 Å². The van der Waals surface area contributed by atoms with E-state index in [0.717, 1.165) is 0 Å². The lowest BCUT2D eigenvalue weighted by atomic mass is 10.2. The number of carboxylic acids is 1. The number of hydrogen-bond donors (Lipinski definition) is 1. The van der Waals surface area contributed by atoms with Crippen molar-refractivity contribution in [3.8, 4) is 0 Å². The van der Waals surface area contributed by atoms with Crippen LogP contribution in [0.1, 0.15) is 5.56 Å². The van der Waals surface area contributed by atoms with E-state index in [-0.39, 0.29) is 10.6 Å². The molecular weight excluding hydrogens is 321 g/mol. The summed E-state index contributed by atoms with van der Waals surface area (Å²) < 4.78 is 60.7. The van der Waals surface area contributed by atoms with Crippen molar-refractivity contribution in [2.75, 3.05) is 5.75 Å². The van der Waals surface area contributed by atoms with E-state index in [1.807, 2.05) is 0 Å². The highest BCUT2D eigenvalue weighted by molar-refractivity contribution is 7.90. The van der Waals surface area contributed by atoms with Crippen molar-refractivity contribution in [2.24, 2.45) is 5.92 Å². The number of hydrogen-bond acceptors (Lipinski definition) is 3. The van der Waals surface area contributed by atoms with Gasteiger partial charge in [-0.25, -0.2) is 8.42 Å². The topological polar surface area (TPSA) is 71.4 Å². The Kier molecular flexibility index (Phi) is 5.04. The maximum absolute atomic E-state index is 12.4. The van der Waals surface area contributed by atoms with Gasteiger partial charge in [0, 0.05) is 5.02 Å². The summed E-state index contributed by atoms with van der Waals surface area (Å²) >= 11 is 5.72. The molecule has 1 rings (SSSR count). The summed E-state index contributed by atoms with van der Waals surface area (Å²) in [5, 5.41) is 8.57. The van der Waals surface area contributed by atoms with Crippen molar-refractivity contribution in [3.63, 3.8) is 0 Å². The second-order valence-corrected chi connectivity index (χ2v) is 6.59. The van der Waals surface area contributed by atoms with Crippen molar-refractivity contribution >= 4 is 27.4 Å². The molecule has 112 valence electrons. The molecule has 1 aromatic carbocycles. The molecule has 0 fully saturated rings. The lowest BCUT2D eigenvalue weighted by molar-refractivity contribution is -0.189. The molecule has 0 radical (unpaired) electrons. The van der Waals surface area contributed by atoms with Crippen LogP contribution in [0.5, 0.6) is 0 Å². The fourth-order valence-electron chi connectivity index (χ4n) is 1.47. The molecular formula is C11H10ClF3O4S. The van der Waals surface area contributed by atoms with Crippen molar-refractivity contribution in [1.82, 2.24) is 0 Å². The van der Waals surface area contributed by atoms with Gasteiger partial charge in [-0.2, -0.15) is 13.2 Å². The van der Waals surface area contributed by atoms with Gasteiger partial charge in [-0.1, -0.05) is 29.8 Å². The van der Waals surface area contributed by atoms with Gasteiger partial charge in [-0.3, -0.25) is 4.79 Å². The summed E-state index contributed by atoms with van der Waals surface area (Å²) in [6.45, 7) is 0. The van der Waals surface area contributed by atoms with E-state index in [0.29, 0.717) is 0 Å². The van der Waals surface area contributed by atoms with Crippen LogP contribution < -0.4 is 0 Å². The quantitative estimate of drug-likeness (QED) is 0.900. The van der Waals surface area contributed by atoms with Gasteiger partial charge >= 0.3 is 12.1 Å². The minimum Gasteiger partial charge on any atom is -0.481 e. The molecule has 0 aliphatic heterocycles. The molecule has 0 saturated heterocycles. The highest BCUT2D eigenvalue weighted by Gasteiger charge is 2.47. The molecule has 0 amide bonds. The van der Waals surface area contributed by atoms with E-state index in [4.69, 9.17) is 16.7 Å². The first-order valence-corrected chi connectivity index (χ1v) is 7.46. The molecule has 0 aromatic heterocycles. The molecule has 1 unspecified atom stereocenters. The number of halogens is 4. The fraction of sp³-hybridized carbons (Fsp3) is 0.364. The number of sulfone groups is 1. The Morgan fingerprint density at radius 2 is 1.85 bits per heavy atom. The lowest BCUT2D eigenvalue weighted by Crippen LogP contribution is -2.36. The van der Waals surface area contributed by atoms with E-state index in [1.165, 1.54) is 24.3 Å². The zero-order valence-electron chi connectivity index (χ0n) is 9.89. The maximum atomic E-state index is 12.4. The molecule has 1 atom stereocenters. The van der Waals surface area contributed by atoms with Crippen molar-refractivity contribution < 1.29 is 31.5 Å². The Hall–Kier alpha value is -1.28. The normalized spacial score (nSPS) is 14.0. The molecule has 20 heavy (non-hydrogen) atoms. The van der Waals surface area contributed by atoms with Crippen LogP contribution in [0.2, 0.25) is 5.02 Å². The number of carbonyl (C=O) groups is 1. The summed E-state index contributed by atoms with van der Waals surface area (Å²) in [4.78, 5) is 10.5. The SMILES string of the molecule is O=C(O)C(CS(=O)(=O)Cc1ccccc1Cl)C(F)(F)F. The molecule has 0 bridgehead atoms. The zero-order valence-corrected chi connectivity index (χ0v) is 11.5. The average Bonchev–Trinajstić information content (AvgIpc) is 2.27. The van der Waals surface area contributed by atoms with E-state index in [1.54, 1.807) is 0 Å². The van der Waals surface area contributed by atoms with E-state index < -0.39 is 39.4 Å². The van der Waals surface area contributed by atoms with Gasteiger partial charge in [-0.15, -0.1) is 0 Å². The third-order valence-corrected chi connectivity index (χ3v) is 4.41. The Bertz CT molecular complexity index is 598. The first-order chi connectivity index (χ1) is 9.03. The molecule has 1 aromatic rings. The van der Waals surface area contributed by atoms with E-state index in [9.17, 15) is 26.4 Å². The lowest BCUT2D eigenvalue weighted by Gasteiger charge is -2.16. The highest BCUT2D eigenvalue weighted by atomic mass is 35.5. The number of aliphatic carboxylic acids is 1. The van der Waals surface area contributed by atoms with Crippen LogP contribution in [-0.4, -0.2) is 31.4 Å². The highest BCUT2D eigenvalue weighted by Crippen LogP contribution is 2.29. The standard InChI is InChI=1S/C11H10ClF3O4S/c12-9-4-2-1-3-7(9)5-20(18,19)6-8(10(16)17)11(13,14)15/h1-4,8H,5-6H2,(H,16,17). The zero-order chi connectivity index (χ0) is 15.6. The van der Waals surface area contributed by atoms with Crippen molar-refractivity contribution in [2.45, 2.75) is 11.9 Å². The van der Waals surface area contributed by atoms with Gasteiger partial charge in [0.1, 0.15) is 0 Å². The predicted octanol–water partition coefficient (Wildman–Crippen LogP) is 2.52. The van der Waals surface area contributed by atoms with Crippen molar-refractivity contribution in [3.05, 3.63) is 34.9 Å². The molecule has 9 heteroatoms. The molecule has 0 aliphatic rings. The minimum atomic E-state index is -5.13. The van der Waals surface area contributed by atoms with Crippen LogP contribution in [0, 0.1) is 5.92 Å². The smallest absolute Gasteiger partial charge is 0.403 e. The van der Waals surface area contributed by atoms with E-state index >= 15 is 0 Å². The van der Waals surface area contributed by atoms with Crippen LogP contribution in [0.3, 0.4) is 0 Å². The van der Waals surface area contributed by atoms with Crippen LogP contribution in [0.4, 0.5) is 13.2 Å². The second kappa shape index (κ2) is 6.01.